The summed E-state index contributed by atoms with van der Waals surface area (Å²) < 4.78 is 0. The molecule has 0 unspecified atom stereocenters. The van der Waals surface area contributed by atoms with E-state index < -0.39 is 0 Å². The molecular weight excluding hydrogens is 372 g/mol. The molecular formula is C26H20N2S. The molecule has 0 aliphatic carbocycles. The first-order chi connectivity index (χ1) is 14.3. The summed E-state index contributed by atoms with van der Waals surface area (Å²) in [5.41, 5.74) is 4.24. The average Bonchev–Trinajstić information content (AvgIpc) is 3.13. The summed E-state index contributed by atoms with van der Waals surface area (Å²) in [6.07, 6.45) is 0. The molecule has 0 bridgehead atoms. The van der Waals surface area contributed by atoms with Gasteiger partial charge in [-0.25, -0.2) is 0 Å². The van der Waals surface area contributed by atoms with Crippen molar-refractivity contribution in [2.45, 2.75) is 11.8 Å². The van der Waals surface area contributed by atoms with Crippen LogP contribution in [0, 0.1) is 0 Å². The molecule has 0 radical (unpaired) electrons. The molecule has 0 aromatic heterocycles. The van der Waals surface area contributed by atoms with Crippen LogP contribution in [0.3, 0.4) is 0 Å². The minimum atomic E-state index is 0.736. The normalized spacial score (nSPS) is 16.4. The highest BCUT2D eigenvalue weighted by atomic mass is 32.2. The quantitative estimate of drug-likeness (QED) is 0.342. The Hall–Kier alpha value is -3.17. The van der Waals surface area contributed by atoms with Gasteiger partial charge >= 0.3 is 0 Å². The smallest absolute Gasteiger partial charge is 0.105 e. The molecule has 0 atom stereocenters. The molecule has 4 aromatic carbocycles. The summed E-state index contributed by atoms with van der Waals surface area (Å²) in [6, 6.07) is 27.8. The van der Waals surface area contributed by atoms with E-state index in [9.17, 15) is 0 Å². The zero-order valence-electron chi connectivity index (χ0n) is 16.2. The highest BCUT2D eigenvalue weighted by molar-refractivity contribution is 8.16. The molecule has 3 heteroatoms. The van der Waals surface area contributed by atoms with E-state index in [-0.39, 0.29) is 0 Å². The molecule has 0 N–H and O–H groups in total. The number of hydrogen-bond donors (Lipinski definition) is 0. The van der Waals surface area contributed by atoms with Gasteiger partial charge in [0.25, 0.3) is 0 Å². The Kier molecular flexibility index (Phi) is 4.53. The topological polar surface area (TPSA) is 24.7 Å². The second kappa shape index (κ2) is 7.34. The Morgan fingerprint density at radius 1 is 0.862 bits per heavy atom. The van der Waals surface area contributed by atoms with E-state index in [0.29, 0.717) is 0 Å². The number of hydrogen-bond acceptors (Lipinski definition) is 3. The van der Waals surface area contributed by atoms with Gasteiger partial charge in [0.1, 0.15) is 5.04 Å². The van der Waals surface area contributed by atoms with E-state index in [1.54, 1.807) is 11.8 Å². The Balaban J connectivity index is 1.80. The second-order valence-corrected chi connectivity index (χ2v) is 7.99. The predicted octanol–water partition coefficient (Wildman–Crippen LogP) is 7.09. The van der Waals surface area contributed by atoms with E-state index >= 15 is 0 Å². The number of nitrogens with zero attached hydrogens (tertiary/aromatic N) is 2. The first-order valence-corrected chi connectivity index (χ1v) is 10.6. The minimum Gasteiger partial charge on any atom is -0.278 e. The van der Waals surface area contributed by atoms with E-state index in [4.69, 9.17) is 4.99 Å². The van der Waals surface area contributed by atoms with Gasteiger partial charge in [-0.15, -0.1) is 0 Å². The fraction of sp³-hybridized carbons (Fsp3) is 0.0769. The fourth-order valence-corrected chi connectivity index (χ4v) is 5.22. The van der Waals surface area contributed by atoms with Crippen LogP contribution in [-0.4, -0.2) is 18.3 Å². The lowest BCUT2D eigenvalue weighted by Crippen LogP contribution is -1.96. The van der Waals surface area contributed by atoms with Crippen LogP contribution in [0.15, 0.2) is 93.7 Å². The average molecular weight is 393 g/mol. The Bertz CT molecular complexity index is 1330. The minimum absolute atomic E-state index is 0.736. The predicted molar refractivity (Wildman–Crippen MR) is 128 cm³/mol. The molecule has 1 aliphatic rings. The lowest BCUT2D eigenvalue weighted by atomic mass is 9.96. The summed E-state index contributed by atoms with van der Waals surface area (Å²) >= 11 is 1.74. The number of fused-ring (bicyclic) bond motifs is 4. The molecule has 1 aliphatic heterocycles. The summed E-state index contributed by atoms with van der Waals surface area (Å²) in [5, 5.41) is 5.95. The summed E-state index contributed by atoms with van der Waals surface area (Å²) in [4.78, 5) is 10.6. The van der Waals surface area contributed by atoms with Gasteiger partial charge in [-0.05, 0) is 41.3 Å². The van der Waals surface area contributed by atoms with Crippen molar-refractivity contribution in [1.82, 2.24) is 0 Å². The molecule has 0 saturated carbocycles. The third-order valence-electron chi connectivity index (χ3n) is 5.28. The maximum absolute atomic E-state index is 4.82. The van der Waals surface area contributed by atoms with Gasteiger partial charge in [0.2, 0.25) is 0 Å². The lowest BCUT2D eigenvalue weighted by molar-refractivity contribution is 1.14. The fourth-order valence-electron chi connectivity index (χ4n) is 3.95. The molecule has 4 aromatic rings. The van der Waals surface area contributed by atoms with Crippen molar-refractivity contribution in [3.63, 3.8) is 0 Å². The summed E-state index contributed by atoms with van der Waals surface area (Å²) in [6.45, 7) is 6.73. The molecule has 140 valence electrons. The zero-order valence-corrected chi connectivity index (χ0v) is 17.0. The van der Waals surface area contributed by atoms with E-state index in [1.807, 2.05) is 0 Å². The number of rotatable bonds is 3. The highest BCUT2D eigenvalue weighted by Crippen LogP contribution is 2.48. The van der Waals surface area contributed by atoms with Gasteiger partial charge in [0.15, 0.2) is 0 Å². The number of aliphatic imine (C=N–C) groups is 2. The highest BCUT2D eigenvalue weighted by Gasteiger charge is 2.29. The largest absolute Gasteiger partial charge is 0.278 e. The van der Waals surface area contributed by atoms with E-state index in [2.05, 4.69) is 97.5 Å². The van der Waals surface area contributed by atoms with E-state index in [0.717, 1.165) is 28.4 Å². The van der Waals surface area contributed by atoms with Crippen molar-refractivity contribution in [2.24, 2.45) is 9.98 Å². The van der Waals surface area contributed by atoms with Crippen LogP contribution in [-0.2, 0) is 0 Å². The summed E-state index contributed by atoms with van der Waals surface area (Å²) in [5.74, 6) is 0. The third kappa shape index (κ3) is 2.99. The van der Waals surface area contributed by atoms with Crippen molar-refractivity contribution in [2.75, 3.05) is 6.54 Å². The van der Waals surface area contributed by atoms with Crippen LogP contribution >= 0.6 is 11.8 Å². The van der Waals surface area contributed by atoms with Crippen LogP contribution in [0.25, 0.3) is 32.8 Å². The van der Waals surface area contributed by atoms with Gasteiger partial charge in [-0.1, -0.05) is 84.6 Å². The van der Waals surface area contributed by atoms with Crippen LogP contribution in [0.5, 0.6) is 0 Å². The maximum Gasteiger partial charge on any atom is 0.105 e. The number of thioether (sulfide) groups is 1. The van der Waals surface area contributed by atoms with Crippen molar-refractivity contribution in [1.29, 1.82) is 0 Å². The van der Waals surface area contributed by atoms with Gasteiger partial charge in [0, 0.05) is 28.1 Å². The van der Waals surface area contributed by atoms with E-state index in [1.165, 1.54) is 32.0 Å². The lowest BCUT2D eigenvalue weighted by Gasteiger charge is -2.10. The van der Waals surface area contributed by atoms with Crippen LogP contribution in [0.4, 0.5) is 0 Å². The Morgan fingerprint density at radius 3 is 2.38 bits per heavy atom. The molecule has 0 amide bonds. The SMILES string of the molecule is C=N/C(=C1\C(=NCC)Sc2c1ccc1ccccc21)c1ccc2ccccc2c1. The van der Waals surface area contributed by atoms with Gasteiger partial charge in [-0.2, -0.15) is 0 Å². The van der Waals surface area contributed by atoms with Crippen molar-refractivity contribution in [3.8, 4) is 0 Å². The van der Waals surface area contributed by atoms with Crippen LogP contribution in [0.1, 0.15) is 18.1 Å². The van der Waals surface area contributed by atoms with Gasteiger partial charge < -0.3 is 0 Å². The molecule has 0 spiro atoms. The standard InChI is InChI=1S/C26H20N2S/c1-3-28-26-23(22-15-14-18-9-6-7-11-21(18)25(22)29-26)24(27-2)20-13-12-17-8-4-5-10-19(17)16-20/h4-16H,2-3H2,1H3/b24-23-,28-26?. The number of benzene rings is 4. The van der Waals surface area contributed by atoms with Crippen LogP contribution < -0.4 is 0 Å². The second-order valence-electron chi connectivity index (χ2n) is 6.99. The Labute approximate surface area is 174 Å². The Morgan fingerprint density at radius 2 is 1.59 bits per heavy atom. The molecule has 2 nitrogen and oxygen atoms in total. The third-order valence-corrected chi connectivity index (χ3v) is 6.45. The molecule has 29 heavy (non-hydrogen) atoms. The van der Waals surface area contributed by atoms with Gasteiger partial charge in [-0.3, -0.25) is 9.98 Å². The monoisotopic (exact) mass is 392 g/mol. The first kappa shape index (κ1) is 17.9. The van der Waals surface area contributed by atoms with Crippen molar-refractivity contribution in [3.05, 3.63) is 90.0 Å². The first-order valence-electron chi connectivity index (χ1n) is 9.75. The molecule has 1 heterocycles. The molecule has 0 fully saturated rings. The zero-order chi connectivity index (χ0) is 19.8. The van der Waals surface area contributed by atoms with Crippen molar-refractivity contribution < 1.29 is 0 Å². The maximum atomic E-state index is 4.82. The summed E-state index contributed by atoms with van der Waals surface area (Å²) in [7, 11) is 0. The van der Waals surface area contributed by atoms with Gasteiger partial charge in [0.05, 0.1) is 5.70 Å². The van der Waals surface area contributed by atoms with Crippen LogP contribution in [0.2, 0.25) is 0 Å². The van der Waals surface area contributed by atoms with Crippen molar-refractivity contribution >= 4 is 56.3 Å². The molecule has 5 rings (SSSR count). The molecule has 0 saturated heterocycles.